The maximum absolute atomic E-state index is 12.4. The third-order valence-corrected chi connectivity index (χ3v) is 4.83. The molecule has 0 atom stereocenters. The summed E-state index contributed by atoms with van der Waals surface area (Å²) in [6.07, 6.45) is 2.36. The van der Waals surface area contributed by atoms with Crippen LogP contribution in [0.2, 0.25) is 0 Å². The number of imide groups is 1. The summed E-state index contributed by atoms with van der Waals surface area (Å²) in [7, 11) is 1.00. The minimum atomic E-state index is -0.191. The lowest BCUT2D eigenvalue weighted by Gasteiger charge is -2.21. The molecule has 31 heavy (non-hydrogen) atoms. The van der Waals surface area contributed by atoms with E-state index in [1.807, 2.05) is 19.9 Å². The van der Waals surface area contributed by atoms with E-state index in [1.54, 1.807) is 31.2 Å². The van der Waals surface area contributed by atoms with E-state index in [9.17, 15) is 14.7 Å². The summed E-state index contributed by atoms with van der Waals surface area (Å²) in [4.78, 5) is 26.1. The van der Waals surface area contributed by atoms with Gasteiger partial charge >= 0.3 is 0 Å². The van der Waals surface area contributed by atoms with E-state index in [4.69, 9.17) is 10.2 Å². The summed E-state index contributed by atoms with van der Waals surface area (Å²) >= 11 is 0. The smallest absolute Gasteiger partial charge is 0.261 e. The molecule has 0 bridgehead atoms. The molecular formula is C25H35NO5. The quantitative estimate of drug-likeness (QED) is 0.588. The molecule has 170 valence electrons. The first-order chi connectivity index (χ1) is 14.8. The zero-order valence-electron chi connectivity index (χ0n) is 19.0. The van der Waals surface area contributed by atoms with Crippen LogP contribution < -0.4 is 0 Å². The first-order valence-electron chi connectivity index (χ1n) is 10.5. The highest BCUT2D eigenvalue weighted by atomic mass is 16.3. The van der Waals surface area contributed by atoms with Gasteiger partial charge in [0.05, 0.1) is 11.1 Å². The van der Waals surface area contributed by atoms with Crippen LogP contribution in [0.25, 0.3) is 0 Å². The molecule has 1 aliphatic rings. The lowest BCUT2D eigenvalue weighted by Crippen LogP contribution is -2.30. The second-order valence-corrected chi connectivity index (χ2v) is 8.05. The number of aryl methyl sites for hydroxylation is 1. The van der Waals surface area contributed by atoms with Gasteiger partial charge < -0.3 is 15.3 Å². The number of nitrogens with zero attached hydrogens (tertiary/aromatic N) is 1. The van der Waals surface area contributed by atoms with Crippen molar-refractivity contribution in [3.05, 3.63) is 70.8 Å². The van der Waals surface area contributed by atoms with Crippen LogP contribution in [-0.2, 0) is 12.8 Å². The van der Waals surface area contributed by atoms with Crippen LogP contribution in [0.1, 0.15) is 59.0 Å². The van der Waals surface area contributed by atoms with Crippen LogP contribution in [0.4, 0.5) is 0 Å². The molecule has 3 N–H and O–H groups in total. The Bertz CT molecular complexity index is 812. The Hall–Kier alpha value is -2.54. The molecule has 0 aliphatic carbocycles. The van der Waals surface area contributed by atoms with Gasteiger partial charge in [0, 0.05) is 26.9 Å². The van der Waals surface area contributed by atoms with Gasteiger partial charge in [-0.2, -0.15) is 0 Å². The Labute approximate surface area is 185 Å². The summed E-state index contributed by atoms with van der Waals surface area (Å²) in [5.74, 6) is -0.381. The van der Waals surface area contributed by atoms with Crippen molar-refractivity contribution in [3.63, 3.8) is 0 Å². The average Bonchev–Trinajstić information content (AvgIpc) is 3.01. The molecule has 6 heteroatoms. The summed E-state index contributed by atoms with van der Waals surface area (Å²) in [6, 6.07) is 15.3. The number of benzene rings is 2. The molecule has 0 aromatic heterocycles. The first-order valence-corrected chi connectivity index (χ1v) is 10.5. The lowest BCUT2D eigenvalue weighted by molar-refractivity contribution is 0.0652. The number of hydrogen-bond donors (Lipinski definition) is 3. The molecule has 0 unspecified atom stereocenters. The lowest BCUT2D eigenvalue weighted by atomic mass is 9.86. The number of carbonyl (C=O) groups excluding carboxylic acids is 2. The van der Waals surface area contributed by atoms with E-state index in [1.165, 1.54) is 16.0 Å². The summed E-state index contributed by atoms with van der Waals surface area (Å²) < 4.78 is 0. The van der Waals surface area contributed by atoms with Crippen LogP contribution >= 0.6 is 0 Å². The topological polar surface area (TPSA) is 98.1 Å². The van der Waals surface area contributed by atoms with Crippen molar-refractivity contribution in [2.24, 2.45) is 5.41 Å². The molecule has 0 saturated carbocycles. The fourth-order valence-corrected chi connectivity index (χ4v) is 3.39. The highest BCUT2D eigenvalue weighted by Gasteiger charge is 2.34. The summed E-state index contributed by atoms with van der Waals surface area (Å²) in [5.41, 5.74) is 3.25. The van der Waals surface area contributed by atoms with Crippen molar-refractivity contribution in [3.8, 4) is 0 Å². The van der Waals surface area contributed by atoms with Crippen molar-refractivity contribution in [2.75, 3.05) is 26.9 Å². The van der Waals surface area contributed by atoms with E-state index in [2.05, 4.69) is 18.2 Å². The highest BCUT2D eigenvalue weighted by Crippen LogP contribution is 2.24. The van der Waals surface area contributed by atoms with Crippen molar-refractivity contribution < 1.29 is 24.9 Å². The average molecular weight is 430 g/mol. The standard InChI is InChI=1S/C22H25NO3.C2H6O.CH4O/c1-22(2,15-24)14-17-8-5-7-16(13-17)9-6-12-23-20(25)18-10-3-4-11-19(18)21(23)26;1-2-3;1-2/h3-5,7-8,10-11,13,24H,6,9,12,14-15H2,1-2H3;3H,2H2,1H3;2H,1H3. The number of rotatable bonds is 7. The second kappa shape index (κ2) is 13.0. The van der Waals surface area contributed by atoms with Crippen LogP contribution in [0, 0.1) is 5.41 Å². The molecule has 0 saturated heterocycles. The number of aliphatic hydroxyl groups excluding tert-OH is 3. The Morgan fingerprint density at radius 3 is 1.90 bits per heavy atom. The Morgan fingerprint density at radius 1 is 0.871 bits per heavy atom. The van der Waals surface area contributed by atoms with Crippen molar-refractivity contribution in [1.82, 2.24) is 4.90 Å². The number of hydrogen-bond acceptors (Lipinski definition) is 5. The second-order valence-electron chi connectivity index (χ2n) is 8.05. The molecule has 0 spiro atoms. The Kier molecular flexibility index (Phi) is 11.1. The largest absolute Gasteiger partial charge is 0.400 e. The van der Waals surface area contributed by atoms with Crippen LogP contribution in [0.5, 0.6) is 0 Å². The Morgan fingerprint density at radius 2 is 1.39 bits per heavy atom. The van der Waals surface area contributed by atoms with Gasteiger partial charge in [0.2, 0.25) is 0 Å². The van der Waals surface area contributed by atoms with Gasteiger partial charge in [-0.05, 0) is 54.9 Å². The van der Waals surface area contributed by atoms with Gasteiger partial charge in [-0.3, -0.25) is 14.5 Å². The number of fused-ring (bicyclic) bond motifs is 1. The summed E-state index contributed by atoms with van der Waals surface area (Å²) in [5, 5.41) is 24.0. The van der Waals surface area contributed by atoms with Crippen LogP contribution in [0.3, 0.4) is 0 Å². The van der Waals surface area contributed by atoms with Gasteiger partial charge in [0.25, 0.3) is 11.8 Å². The number of aliphatic hydroxyl groups is 3. The van der Waals surface area contributed by atoms with E-state index < -0.39 is 0 Å². The van der Waals surface area contributed by atoms with E-state index in [-0.39, 0.29) is 30.4 Å². The predicted octanol–water partition coefficient (Wildman–Crippen LogP) is 3.08. The van der Waals surface area contributed by atoms with Crippen molar-refractivity contribution in [2.45, 2.75) is 40.0 Å². The molecule has 2 amide bonds. The molecular weight excluding hydrogens is 394 g/mol. The van der Waals surface area contributed by atoms with Gasteiger partial charge in [0.1, 0.15) is 0 Å². The fourth-order valence-electron chi connectivity index (χ4n) is 3.39. The van der Waals surface area contributed by atoms with Crippen molar-refractivity contribution >= 4 is 11.8 Å². The molecule has 2 aromatic carbocycles. The van der Waals surface area contributed by atoms with Gasteiger partial charge in [-0.25, -0.2) is 0 Å². The van der Waals surface area contributed by atoms with Crippen molar-refractivity contribution in [1.29, 1.82) is 0 Å². The minimum absolute atomic E-state index is 0.140. The summed E-state index contributed by atoms with van der Waals surface area (Å²) in [6.45, 7) is 6.60. The minimum Gasteiger partial charge on any atom is -0.400 e. The molecule has 2 aromatic rings. The SMILES string of the molecule is CC(C)(CO)Cc1cccc(CCCN2C(=O)c3ccccc3C2=O)c1.CCO.CO. The van der Waals surface area contributed by atoms with Crippen LogP contribution in [-0.4, -0.2) is 58.9 Å². The maximum atomic E-state index is 12.4. The van der Waals surface area contributed by atoms with Gasteiger partial charge in [-0.1, -0.05) is 50.2 Å². The molecule has 3 rings (SSSR count). The zero-order valence-corrected chi connectivity index (χ0v) is 19.0. The number of carbonyl (C=O) groups is 2. The van der Waals surface area contributed by atoms with E-state index >= 15 is 0 Å². The third-order valence-electron chi connectivity index (χ3n) is 4.83. The molecule has 1 aliphatic heterocycles. The van der Waals surface area contributed by atoms with Gasteiger partial charge in [0.15, 0.2) is 0 Å². The van der Waals surface area contributed by atoms with Gasteiger partial charge in [-0.15, -0.1) is 0 Å². The zero-order chi connectivity index (χ0) is 23.4. The Balaban J connectivity index is 0.000000884. The fraction of sp³-hybridized carbons (Fsp3) is 0.440. The third kappa shape index (κ3) is 7.58. The maximum Gasteiger partial charge on any atom is 0.261 e. The monoisotopic (exact) mass is 429 g/mol. The van der Waals surface area contributed by atoms with E-state index in [0.717, 1.165) is 26.4 Å². The van der Waals surface area contributed by atoms with Crippen LogP contribution in [0.15, 0.2) is 48.5 Å². The predicted molar refractivity (Wildman–Crippen MR) is 122 cm³/mol. The highest BCUT2D eigenvalue weighted by molar-refractivity contribution is 6.21. The first kappa shape index (κ1) is 26.5. The number of amides is 2. The molecule has 1 heterocycles. The van der Waals surface area contributed by atoms with E-state index in [0.29, 0.717) is 17.7 Å². The molecule has 0 radical (unpaired) electrons. The molecule has 6 nitrogen and oxygen atoms in total. The normalized spacial score (nSPS) is 12.5. The molecule has 0 fully saturated rings.